The molecule has 2 atom stereocenters. The number of alkyl halides is 3. The average Bonchev–Trinajstić information content (AvgIpc) is 2.98. The molecule has 7 nitrogen and oxygen atoms in total. The van der Waals surface area contributed by atoms with Crippen LogP contribution >= 0.6 is 11.6 Å². The van der Waals surface area contributed by atoms with E-state index in [4.69, 9.17) is 16.7 Å². The summed E-state index contributed by atoms with van der Waals surface area (Å²) in [6.07, 6.45) is -5.47. The predicted molar refractivity (Wildman–Crippen MR) is 122 cm³/mol. The highest BCUT2D eigenvalue weighted by atomic mass is 35.5. The lowest BCUT2D eigenvalue weighted by Gasteiger charge is -2.31. The minimum absolute atomic E-state index is 0.0858. The molecule has 0 spiro atoms. The third-order valence-corrected chi connectivity index (χ3v) is 7.94. The second kappa shape index (κ2) is 11.0. The van der Waals surface area contributed by atoms with Gasteiger partial charge in [0.1, 0.15) is 6.04 Å². The summed E-state index contributed by atoms with van der Waals surface area (Å²) in [6, 6.07) is 9.94. The third kappa shape index (κ3) is 6.96. The van der Waals surface area contributed by atoms with Gasteiger partial charge in [0, 0.05) is 24.5 Å². The first-order valence-corrected chi connectivity index (χ1v) is 12.6. The number of aryl methyl sites for hydroxylation is 1. The Bertz CT molecular complexity index is 1160. The van der Waals surface area contributed by atoms with Crippen molar-refractivity contribution < 1.29 is 36.3 Å². The first-order valence-electron chi connectivity index (χ1n) is 10.8. The molecule has 1 heterocycles. The highest BCUT2D eigenvalue weighted by molar-refractivity contribution is 7.89. The van der Waals surface area contributed by atoms with Gasteiger partial charge in [-0.05, 0) is 54.7 Å². The van der Waals surface area contributed by atoms with Crippen molar-refractivity contribution in [1.82, 2.24) is 9.62 Å². The van der Waals surface area contributed by atoms with Crippen molar-refractivity contribution in [3.63, 3.8) is 0 Å². The van der Waals surface area contributed by atoms with E-state index in [0.717, 1.165) is 4.31 Å². The van der Waals surface area contributed by atoms with Crippen LogP contribution in [-0.4, -0.2) is 48.5 Å². The van der Waals surface area contributed by atoms with Crippen LogP contribution in [0, 0.1) is 5.92 Å². The maximum absolute atomic E-state index is 13.6. The average molecular weight is 533 g/mol. The zero-order chi connectivity index (χ0) is 25.8. The fraction of sp³-hybridized carbons (Fsp3) is 0.391. The minimum atomic E-state index is -4.59. The molecule has 2 N–H and O–H groups in total. The number of sulfonamides is 1. The van der Waals surface area contributed by atoms with E-state index in [9.17, 15) is 31.2 Å². The number of benzene rings is 2. The van der Waals surface area contributed by atoms with Crippen molar-refractivity contribution in [3.05, 3.63) is 64.7 Å². The molecule has 2 aromatic carbocycles. The van der Waals surface area contributed by atoms with E-state index < -0.39 is 46.5 Å². The van der Waals surface area contributed by atoms with Crippen molar-refractivity contribution >= 4 is 33.5 Å². The molecular weight excluding hydrogens is 509 g/mol. The van der Waals surface area contributed by atoms with Gasteiger partial charge in [-0.2, -0.15) is 17.5 Å². The van der Waals surface area contributed by atoms with Crippen LogP contribution in [0.3, 0.4) is 0 Å². The van der Waals surface area contributed by atoms with Crippen LogP contribution in [0.5, 0.6) is 0 Å². The summed E-state index contributed by atoms with van der Waals surface area (Å²) in [4.78, 5) is 23.4. The van der Waals surface area contributed by atoms with Gasteiger partial charge in [0.25, 0.3) is 0 Å². The van der Waals surface area contributed by atoms with E-state index in [1.807, 2.05) is 0 Å². The number of aliphatic carboxylic acids is 1. The van der Waals surface area contributed by atoms with Crippen molar-refractivity contribution in [2.24, 2.45) is 5.92 Å². The van der Waals surface area contributed by atoms with Crippen LogP contribution in [0.15, 0.2) is 53.4 Å². The Morgan fingerprint density at radius 1 is 1.09 bits per heavy atom. The van der Waals surface area contributed by atoms with E-state index in [1.54, 1.807) is 24.3 Å². The molecule has 1 amide bonds. The maximum Gasteiger partial charge on any atom is 0.391 e. The Kier molecular flexibility index (Phi) is 8.45. The van der Waals surface area contributed by atoms with Gasteiger partial charge in [0.2, 0.25) is 15.9 Å². The number of carboxylic acids is 1. The molecule has 35 heavy (non-hydrogen) atoms. The normalized spacial score (nSPS) is 19.3. The zero-order valence-electron chi connectivity index (χ0n) is 18.5. The molecule has 2 aromatic rings. The van der Waals surface area contributed by atoms with Crippen molar-refractivity contribution in [3.8, 4) is 0 Å². The largest absolute Gasteiger partial charge is 0.481 e. The van der Waals surface area contributed by atoms with E-state index >= 15 is 0 Å². The Morgan fingerprint density at radius 2 is 1.69 bits per heavy atom. The Hall–Kier alpha value is -2.63. The van der Waals surface area contributed by atoms with Crippen LogP contribution in [-0.2, 0) is 32.6 Å². The van der Waals surface area contributed by atoms with Gasteiger partial charge in [-0.25, -0.2) is 8.42 Å². The number of carboxylic acid groups (broad SMARTS) is 1. The lowest BCUT2D eigenvalue weighted by molar-refractivity contribution is -0.179. The SMILES string of the molecule is O=C(O)CCc1ccc(CN([C@@H]2CC(C(F)(F)F)CCNC2=O)S(=O)(=O)c2ccc(Cl)cc2)cc1. The second-order valence-electron chi connectivity index (χ2n) is 8.28. The number of carbonyl (C=O) groups is 2. The number of nitrogens with zero attached hydrogens (tertiary/aromatic N) is 1. The summed E-state index contributed by atoms with van der Waals surface area (Å²) >= 11 is 5.86. The number of halogens is 4. The predicted octanol–water partition coefficient (Wildman–Crippen LogP) is 4.01. The maximum atomic E-state index is 13.6. The summed E-state index contributed by atoms with van der Waals surface area (Å²) in [5.74, 6) is -3.62. The molecule has 3 rings (SSSR count). The standard InChI is InChI=1S/C23H24ClF3N2O5S/c24-18-6-8-19(9-7-18)35(33,34)29(14-16-3-1-15(2-4-16)5-10-21(30)31)20-13-17(23(25,26)27)11-12-28-22(20)32/h1-4,6-9,17,20H,5,10-14H2,(H,28,32)(H,30,31)/t17?,20-/m1/s1. The van der Waals surface area contributed by atoms with Gasteiger partial charge < -0.3 is 10.4 Å². The molecule has 12 heteroatoms. The number of nitrogens with one attached hydrogen (secondary N) is 1. The van der Waals surface area contributed by atoms with Crippen LogP contribution in [0.4, 0.5) is 13.2 Å². The Labute approximate surface area is 205 Å². The van der Waals surface area contributed by atoms with Crippen LogP contribution in [0.1, 0.15) is 30.4 Å². The molecule has 0 aromatic heterocycles. The molecular formula is C23H24ClF3N2O5S. The van der Waals surface area contributed by atoms with Gasteiger partial charge in [-0.15, -0.1) is 0 Å². The van der Waals surface area contributed by atoms with Crippen molar-refractivity contribution in [2.75, 3.05) is 6.54 Å². The van der Waals surface area contributed by atoms with Gasteiger partial charge in [0.05, 0.1) is 10.8 Å². The summed E-state index contributed by atoms with van der Waals surface area (Å²) in [6.45, 7) is -0.570. The zero-order valence-corrected chi connectivity index (χ0v) is 20.0. The second-order valence-corrected chi connectivity index (χ2v) is 10.6. The molecule has 1 saturated heterocycles. The fourth-order valence-corrected chi connectivity index (χ4v) is 5.59. The van der Waals surface area contributed by atoms with Gasteiger partial charge in [0.15, 0.2) is 0 Å². The minimum Gasteiger partial charge on any atom is -0.481 e. The molecule has 0 radical (unpaired) electrons. The molecule has 190 valence electrons. The molecule has 0 aliphatic carbocycles. The summed E-state index contributed by atoms with van der Waals surface area (Å²) in [5, 5.41) is 11.5. The first-order chi connectivity index (χ1) is 16.4. The number of hydrogen-bond acceptors (Lipinski definition) is 4. The highest BCUT2D eigenvalue weighted by Gasteiger charge is 2.46. The molecule has 1 unspecified atom stereocenters. The van der Waals surface area contributed by atoms with Gasteiger partial charge in [-0.3, -0.25) is 9.59 Å². The summed E-state index contributed by atoms with van der Waals surface area (Å²) in [7, 11) is -4.40. The van der Waals surface area contributed by atoms with Gasteiger partial charge >= 0.3 is 12.1 Å². The highest BCUT2D eigenvalue weighted by Crippen LogP contribution is 2.36. The smallest absolute Gasteiger partial charge is 0.391 e. The number of hydrogen-bond donors (Lipinski definition) is 2. The molecule has 0 bridgehead atoms. The monoisotopic (exact) mass is 532 g/mol. The molecule has 1 aliphatic rings. The first kappa shape index (κ1) is 27.0. The fourth-order valence-electron chi connectivity index (χ4n) is 3.87. The summed E-state index contributed by atoms with van der Waals surface area (Å²) in [5.41, 5.74) is 1.13. The topological polar surface area (TPSA) is 104 Å². The quantitative estimate of drug-likeness (QED) is 0.535. The third-order valence-electron chi connectivity index (χ3n) is 5.82. The number of amides is 1. The van der Waals surface area contributed by atoms with E-state index in [2.05, 4.69) is 5.32 Å². The van der Waals surface area contributed by atoms with Crippen molar-refractivity contribution in [1.29, 1.82) is 0 Å². The van der Waals surface area contributed by atoms with E-state index in [-0.39, 0.29) is 42.3 Å². The van der Waals surface area contributed by atoms with Gasteiger partial charge in [-0.1, -0.05) is 35.9 Å². The Balaban J connectivity index is 1.99. The summed E-state index contributed by atoms with van der Waals surface area (Å²) < 4.78 is 68.7. The van der Waals surface area contributed by atoms with Crippen LogP contribution in [0.25, 0.3) is 0 Å². The number of rotatable bonds is 8. The van der Waals surface area contributed by atoms with Crippen LogP contribution < -0.4 is 5.32 Å². The lowest BCUT2D eigenvalue weighted by Crippen LogP contribution is -2.49. The van der Waals surface area contributed by atoms with Crippen LogP contribution in [0.2, 0.25) is 5.02 Å². The molecule has 1 aliphatic heterocycles. The number of carbonyl (C=O) groups excluding carboxylic acids is 1. The Morgan fingerprint density at radius 3 is 2.26 bits per heavy atom. The molecule has 0 saturated carbocycles. The van der Waals surface area contributed by atoms with E-state index in [1.165, 1.54) is 24.3 Å². The lowest BCUT2D eigenvalue weighted by atomic mass is 9.97. The van der Waals surface area contributed by atoms with E-state index in [0.29, 0.717) is 11.1 Å². The van der Waals surface area contributed by atoms with Crippen molar-refractivity contribution in [2.45, 2.75) is 49.3 Å². The molecule has 1 fully saturated rings.